The van der Waals surface area contributed by atoms with Gasteiger partial charge in [0, 0.05) is 12.8 Å². The highest BCUT2D eigenvalue weighted by Crippen LogP contribution is 2.19. The number of nitrogens with two attached hydrogens (primary N) is 1. The summed E-state index contributed by atoms with van der Waals surface area (Å²) >= 11 is 0. The maximum Gasteiger partial charge on any atom is 0.277 e. The molecule has 0 heterocycles. The lowest BCUT2D eigenvalue weighted by molar-refractivity contribution is 0.00893. The van der Waals surface area contributed by atoms with Gasteiger partial charge in [-0.1, -0.05) is 0 Å². The van der Waals surface area contributed by atoms with Crippen LogP contribution in [0.2, 0.25) is 0 Å². The van der Waals surface area contributed by atoms with Crippen molar-refractivity contribution in [2.24, 2.45) is 0 Å². The quantitative estimate of drug-likeness (QED) is 0.432. The predicted molar refractivity (Wildman–Crippen MR) is 62.7 cm³/mol. The van der Waals surface area contributed by atoms with Crippen LogP contribution in [0.3, 0.4) is 0 Å². The first kappa shape index (κ1) is 13.3. The molecule has 0 radical (unpaired) electrons. The number of carbonyl (C=O) groups excluding carboxylic acids is 1. The minimum atomic E-state index is -0.419. The molecule has 0 aromatic heterocycles. The highest BCUT2D eigenvalue weighted by molar-refractivity contribution is 5.98. The van der Waals surface area contributed by atoms with Crippen molar-refractivity contribution in [3.8, 4) is 5.75 Å². The smallest absolute Gasteiger partial charge is 0.277 e. The van der Waals surface area contributed by atoms with Gasteiger partial charge < -0.3 is 15.2 Å². The molecule has 94 valence electrons. The Balaban J connectivity index is 2.61. The summed E-state index contributed by atoms with van der Waals surface area (Å²) in [7, 11) is 3.06. The van der Waals surface area contributed by atoms with Crippen LogP contribution < -0.4 is 16.0 Å². The van der Waals surface area contributed by atoms with Gasteiger partial charge >= 0.3 is 0 Å². The number of ether oxygens (including phenoxy) is 2. The molecule has 1 amide bonds. The number of methoxy groups -OCH3 is 2. The van der Waals surface area contributed by atoms with E-state index >= 15 is 0 Å². The molecule has 0 saturated heterocycles. The summed E-state index contributed by atoms with van der Waals surface area (Å²) in [4.78, 5) is 16.6. The van der Waals surface area contributed by atoms with Crippen molar-refractivity contribution < 1.29 is 19.1 Å². The number of benzene rings is 1. The van der Waals surface area contributed by atoms with Crippen LogP contribution in [-0.2, 0) is 9.57 Å². The minimum Gasteiger partial charge on any atom is -0.497 e. The average Bonchev–Trinajstić information content (AvgIpc) is 2.35. The van der Waals surface area contributed by atoms with Crippen molar-refractivity contribution in [2.75, 3.05) is 33.2 Å². The lowest BCUT2D eigenvalue weighted by Gasteiger charge is -2.09. The molecule has 0 aliphatic carbocycles. The van der Waals surface area contributed by atoms with Crippen molar-refractivity contribution in [1.82, 2.24) is 5.48 Å². The molecule has 1 rings (SSSR count). The summed E-state index contributed by atoms with van der Waals surface area (Å²) < 4.78 is 9.78. The molecule has 0 aliphatic rings. The van der Waals surface area contributed by atoms with Crippen molar-refractivity contribution in [3.05, 3.63) is 23.8 Å². The molecular weight excluding hydrogens is 224 g/mol. The largest absolute Gasteiger partial charge is 0.497 e. The summed E-state index contributed by atoms with van der Waals surface area (Å²) in [6.45, 7) is 0.667. The van der Waals surface area contributed by atoms with E-state index in [9.17, 15) is 4.79 Å². The Morgan fingerprint density at radius 3 is 2.76 bits per heavy atom. The third-order valence-corrected chi connectivity index (χ3v) is 2.06. The fourth-order valence-corrected chi connectivity index (χ4v) is 1.16. The molecule has 0 unspecified atom stereocenters. The second-order valence-corrected chi connectivity index (χ2v) is 3.23. The van der Waals surface area contributed by atoms with Crippen LogP contribution in [0.1, 0.15) is 10.4 Å². The van der Waals surface area contributed by atoms with Crippen LogP contribution in [0.4, 0.5) is 5.69 Å². The lowest BCUT2D eigenvalue weighted by atomic mass is 10.1. The first-order valence-electron chi connectivity index (χ1n) is 5.03. The number of rotatable bonds is 6. The Hall–Kier alpha value is -1.79. The Morgan fingerprint density at radius 2 is 2.12 bits per heavy atom. The van der Waals surface area contributed by atoms with Crippen LogP contribution in [0.5, 0.6) is 5.75 Å². The third kappa shape index (κ3) is 3.93. The number of hydroxylamine groups is 1. The second kappa shape index (κ2) is 6.72. The number of anilines is 1. The Labute approximate surface area is 99.6 Å². The average molecular weight is 240 g/mol. The molecule has 1 aromatic rings. The highest BCUT2D eigenvalue weighted by atomic mass is 16.7. The summed E-state index contributed by atoms with van der Waals surface area (Å²) in [6, 6.07) is 4.82. The zero-order valence-electron chi connectivity index (χ0n) is 9.86. The topological polar surface area (TPSA) is 82.8 Å². The van der Waals surface area contributed by atoms with Crippen molar-refractivity contribution in [2.45, 2.75) is 0 Å². The van der Waals surface area contributed by atoms with E-state index in [0.29, 0.717) is 23.6 Å². The van der Waals surface area contributed by atoms with Gasteiger partial charge in [0.1, 0.15) is 5.75 Å². The molecule has 1 aromatic carbocycles. The molecule has 0 spiro atoms. The molecule has 6 heteroatoms. The molecule has 3 N–H and O–H groups in total. The SMILES string of the molecule is COCCONC(=O)c1cc(OC)ccc1N. The molecule has 0 fully saturated rings. The van der Waals surface area contributed by atoms with E-state index in [4.69, 9.17) is 20.0 Å². The van der Waals surface area contributed by atoms with Gasteiger partial charge in [-0.05, 0) is 18.2 Å². The van der Waals surface area contributed by atoms with Crippen LogP contribution in [-0.4, -0.2) is 33.3 Å². The van der Waals surface area contributed by atoms with E-state index < -0.39 is 5.91 Å². The number of nitrogen functional groups attached to an aromatic ring is 1. The van der Waals surface area contributed by atoms with E-state index in [0.717, 1.165) is 0 Å². The van der Waals surface area contributed by atoms with Gasteiger partial charge in [-0.3, -0.25) is 9.63 Å². The molecular formula is C11H16N2O4. The monoisotopic (exact) mass is 240 g/mol. The van der Waals surface area contributed by atoms with Gasteiger partial charge in [-0.15, -0.1) is 0 Å². The Kier molecular flexibility index (Phi) is 5.25. The van der Waals surface area contributed by atoms with Crippen LogP contribution in [0.15, 0.2) is 18.2 Å². The molecule has 0 atom stereocenters. The van der Waals surface area contributed by atoms with Gasteiger partial charge in [-0.2, -0.15) is 0 Å². The van der Waals surface area contributed by atoms with Gasteiger partial charge in [0.05, 0.1) is 25.9 Å². The zero-order valence-corrected chi connectivity index (χ0v) is 9.86. The Bertz CT molecular complexity index is 382. The summed E-state index contributed by atoms with van der Waals surface area (Å²) in [5.41, 5.74) is 8.62. The molecule has 0 bridgehead atoms. The van der Waals surface area contributed by atoms with E-state index in [-0.39, 0.29) is 6.61 Å². The third-order valence-electron chi connectivity index (χ3n) is 2.06. The molecule has 0 aliphatic heterocycles. The first-order valence-corrected chi connectivity index (χ1v) is 5.03. The maximum absolute atomic E-state index is 11.7. The van der Waals surface area contributed by atoms with Crippen molar-refractivity contribution in [1.29, 1.82) is 0 Å². The van der Waals surface area contributed by atoms with E-state index in [2.05, 4.69) is 5.48 Å². The number of hydrogen-bond donors (Lipinski definition) is 2. The van der Waals surface area contributed by atoms with Gasteiger partial charge in [0.15, 0.2) is 0 Å². The van der Waals surface area contributed by atoms with Crippen molar-refractivity contribution >= 4 is 11.6 Å². The zero-order chi connectivity index (χ0) is 12.7. The molecule has 6 nitrogen and oxygen atoms in total. The second-order valence-electron chi connectivity index (χ2n) is 3.23. The van der Waals surface area contributed by atoms with Gasteiger partial charge in [0.2, 0.25) is 0 Å². The lowest BCUT2D eigenvalue weighted by Crippen LogP contribution is -2.26. The van der Waals surface area contributed by atoms with Gasteiger partial charge in [-0.25, -0.2) is 5.48 Å². The van der Waals surface area contributed by atoms with E-state index in [1.807, 2.05) is 0 Å². The number of nitrogens with one attached hydrogen (secondary N) is 1. The summed E-state index contributed by atoms with van der Waals surface area (Å²) in [5.74, 6) is 0.138. The van der Waals surface area contributed by atoms with Crippen LogP contribution >= 0.6 is 0 Å². The number of amides is 1. The van der Waals surface area contributed by atoms with Gasteiger partial charge in [0.25, 0.3) is 5.91 Å². The summed E-state index contributed by atoms with van der Waals surface area (Å²) in [5, 5.41) is 0. The van der Waals surface area contributed by atoms with E-state index in [1.54, 1.807) is 25.3 Å². The highest BCUT2D eigenvalue weighted by Gasteiger charge is 2.10. The number of hydrogen-bond acceptors (Lipinski definition) is 5. The predicted octanol–water partition coefficient (Wildman–Crippen LogP) is 0.585. The fraction of sp³-hybridized carbons (Fsp3) is 0.364. The Morgan fingerprint density at radius 1 is 1.35 bits per heavy atom. The first-order chi connectivity index (χ1) is 8.19. The molecule has 17 heavy (non-hydrogen) atoms. The normalized spacial score (nSPS) is 10.0. The van der Waals surface area contributed by atoms with Crippen LogP contribution in [0, 0.1) is 0 Å². The van der Waals surface area contributed by atoms with Crippen molar-refractivity contribution in [3.63, 3.8) is 0 Å². The van der Waals surface area contributed by atoms with E-state index in [1.165, 1.54) is 7.11 Å². The minimum absolute atomic E-state index is 0.270. The van der Waals surface area contributed by atoms with Crippen LogP contribution in [0.25, 0.3) is 0 Å². The molecule has 0 saturated carbocycles. The standard InChI is InChI=1S/C11H16N2O4/c1-15-5-6-17-13-11(14)9-7-8(16-2)3-4-10(9)12/h3-4,7H,5-6,12H2,1-2H3,(H,13,14). The number of carbonyl (C=O) groups is 1. The fourth-order valence-electron chi connectivity index (χ4n) is 1.16. The summed E-state index contributed by atoms with van der Waals surface area (Å²) in [6.07, 6.45) is 0. The maximum atomic E-state index is 11.7.